The Hall–Kier alpha value is -2.66. The van der Waals surface area contributed by atoms with Crippen LogP contribution in [0, 0.1) is 0 Å². The van der Waals surface area contributed by atoms with Gasteiger partial charge in [-0.2, -0.15) is 0 Å². The topological polar surface area (TPSA) is 58.6 Å². The van der Waals surface area contributed by atoms with Crippen molar-refractivity contribution < 1.29 is 14.3 Å². The first kappa shape index (κ1) is 19.1. The number of carbonyl (C=O) groups excluding carboxylic acids is 2. The van der Waals surface area contributed by atoms with Crippen molar-refractivity contribution in [2.45, 2.75) is 31.8 Å². The molecule has 0 radical (unpaired) electrons. The van der Waals surface area contributed by atoms with Crippen molar-refractivity contribution in [3.8, 4) is 0 Å². The van der Waals surface area contributed by atoms with Crippen LogP contribution in [0.25, 0.3) is 0 Å². The molecule has 1 aliphatic rings. The van der Waals surface area contributed by atoms with Crippen molar-refractivity contribution in [1.29, 1.82) is 0 Å². The van der Waals surface area contributed by atoms with Crippen LogP contribution in [-0.4, -0.2) is 42.0 Å². The molecule has 0 aliphatic carbocycles. The van der Waals surface area contributed by atoms with Crippen LogP contribution in [0.1, 0.15) is 35.7 Å². The van der Waals surface area contributed by atoms with Crippen molar-refractivity contribution in [2.24, 2.45) is 0 Å². The zero-order valence-electron chi connectivity index (χ0n) is 15.7. The lowest BCUT2D eigenvalue weighted by molar-refractivity contribution is -0.153. The molecule has 1 saturated heterocycles. The molecule has 1 amide bonds. The molecule has 1 atom stereocenters. The largest absolute Gasteiger partial charge is 0.464 e. The molecule has 1 N–H and O–H groups in total. The van der Waals surface area contributed by atoms with E-state index in [9.17, 15) is 9.59 Å². The van der Waals surface area contributed by atoms with Crippen LogP contribution in [0.3, 0.4) is 0 Å². The average molecular weight is 366 g/mol. The fourth-order valence-electron chi connectivity index (χ4n) is 3.59. The fourth-order valence-corrected chi connectivity index (χ4v) is 3.59. The van der Waals surface area contributed by atoms with E-state index in [0.717, 1.165) is 19.5 Å². The summed E-state index contributed by atoms with van der Waals surface area (Å²) in [5.41, 5.74) is 0.712. The summed E-state index contributed by atoms with van der Waals surface area (Å²) in [5, 5.41) is 2.99. The number of likely N-dealkylation sites (tertiary alicyclic amines) is 1. The number of benzene rings is 2. The van der Waals surface area contributed by atoms with Gasteiger partial charge < -0.3 is 10.1 Å². The van der Waals surface area contributed by atoms with Crippen molar-refractivity contribution in [3.63, 3.8) is 0 Å². The highest BCUT2D eigenvalue weighted by Crippen LogP contribution is 2.25. The summed E-state index contributed by atoms with van der Waals surface area (Å²) in [6, 6.07) is 19.1. The molecule has 3 rings (SSSR count). The third-order valence-electron chi connectivity index (χ3n) is 4.88. The maximum atomic E-state index is 12.8. The number of nitrogens with zero attached hydrogens (tertiary/aromatic N) is 1. The van der Waals surface area contributed by atoms with E-state index < -0.39 is 5.54 Å². The molecule has 0 bridgehead atoms. The van der Waals surface area contributed by atoms with Crippen LogP contribution in [0.2, 0.25) is 0 Å². The normalized spacial score (nSPS) is 20.0. The van der Waals surface area contributed by atoms with Gasteiger partial charge in [0, 0.05) is 18.7 Å². The summed E-state index contributed by atoms with van der Waals surface area (Å²) in [7, 11) is 0. The summed E-state index contributed by atoms with van der Waals surface area (Å²) < 4.78 is 5.34. The van der Waals surface area contributed by atoms with Crippen molar-refractivity contribution in [3.05, 3.63) is 71.8 Å². The molecule has 5 nitrogen and oxygen atoms in total. The molecule has 1 unspecified atom stereocenters. The lowest BCUT2D eigenvalue weighted by atomic mass is 9.88. The molecule has 1 fully saturated rings. The molecular weight excluding hydrogens is 340 g/mol. The average Bonchev–Trinajstić information content (AvgIpc) is 2.70. The number of rotatable bonds is 6. The summed E-state index contributed by atoms with van der Waals surface area (Å²) in [6.45, 7) is 4.15. The lowest BCUT2D eigenvalue weighted by Crippen LogP contribution is -2.63. The van der Waals surface area contributed by atoms with Gasteiger partial charge >= 0.3 is 5.97 Å². The van der Waals surface area contributed by atoms with Crippen LogP contribution in [-0.2, 0) is 16.1 Å². The predicted octanol–water partition coefficient (Wildman–Crippen LogP) is 3.01. The number of ether oxygens (including phenoxy) is 1. The molecular formula is C22H26N2O3. The van der Waals surface area contributed by atoms with Gasteiger partial charge in [0.15, 0.2) is 5.54 Å². The van der Waals surface area contributed by atoms with Gasteiger partial charge in [0.2, 0.25) is 0 Å². The molecule has 0 aromatic heterocycles. The van der Waals surface area contributed by atoms with E-state index in [1.54, 1.807) is 19.1 Å². The second-order valence-electron chi connectivity index (χ2n) is 6.92. The van der Waals surface area contributed by atoms with Crippen molar-refractivity contribution >= 4 is 11.9 Å². The van der Waals surface area contributed by atoms with Crippen LogP contribution in [0.4, 0.5) is 0 Å². The van der Waals surface area contributed by atoms with Gasteiger partial charge in [0.25, 0.3) is 5.91 Å². The molecule has 0 saturated carbocycles. The number of amides is 1. The fraction of sp³-hybridized carbons (Fsp3) is 0.364. The second kappa shape index (κ2) is 8.82. The molecule has 1 aliphatic heterocycles. The number of hydrogen-bond acceptors (Lipinski definition) is 4. The highest BCUT2D eigenvalue weighted by atomic mass is 16.5. The van der Waals surface area contributed by atoms with Gasteiger partial charge in [-0.05, 0) is 44.0 Å². The molecule has 5 heteroatoms. The maximum Gasteiger partial charge on any atom is 0.333 e. The molecule has 2 aromatic rings. The quantitative estimate of drug-likeness (QED) is 0.799. The molecule has 142 valence electrons. The number of piperidine rings is 1. The first-order valence-corrected chi connectivity index (χ1v) is 9.44. The molecule has 0 spiro atoms. The lowest BCUT2D eigenvalue weighted by Gasteiger charge is -2.41. The minimum absolute atomic E-state index is 0.245. The predicted molar refractivity (Wildman–Crippen MR) is 104 cm³/mol. The second-order valence-corrected chi connectivity index (χ2v) is 6.92. The number of esters is 1. The molecule has 1 heterocycles. The van der Waals surface area contributed by atoms with E-state index in [1.165, 1.54) is 5.56 Å². The zero-order chi connectivity index (χ0) is 19.1. The van der Waals surface area contributed by atoms with E-state index in [0.29, 0.717) is 25.1 Å². The van der Waals surface area contributed by atoms with E-state index >= 15 is 0 Å². The SMILES string of the molecule is CCOC(=O)C1(NC(=O)c2ccccc2)CCCN(Cc2ccccc2)C1. The van der Waals surface area contributed by atoms with Gasteiger partial charge in [0.05, 0.1) is 6.61 Å². The van der Waals surface area contributed by atoms with Gasteiger partial charge in [-0.1, -0.05) is 48.5 Å². The Morgan fingerprint density at radius 2 is 1.74 bits per heavy atom. The monoisotopic (exact) mass is 366 g/mol. The summed E-state index contributed by atoms with van der Waals surface area (Å²) in [6.07, 6.45) is 1.40. The highest BCUT2D eigenvalue weighted by Gasteiger charge is 2.45. The Morgan fingerprint density at radius 3 is 2.41 bits per heavy atom. The zero-order valence-corrected chi connectivity index (χ0v) is 15.7. The van der Waals surface area contributed by atoms with Gasteiger partial charge in [-0.15, -0.1) is 0 Å². The smallest absolute Gasteiger partial charge is 0.333 e. The number of hydrogen-bond donors (Lipinski definition) is 1. The van der Waals surface area contributed by atoms with E-state index in [2.05, 4.69) is 22.3 Å². The minimum Gasteiger partial charge on any atom is -0.464 e. The van der Waals surface area contributed by atoms with Gasteiger partial charge in [-0.25, -0.2) is 4.79 Å². The molecule has 2 aromatic carbocycles. The van der Waals surface area contributed by atoms with Gasteiger partial charge in [-0.3, -0.25) is 9.69 Å². The first-order valence-electron chi connectivity index (χ1n) is 9.44. The van der Waals surface area contributed by atoms with Crippen LogP contribution < -0.4 is 5.32 Å². The Morgan fingerprint density at radius 1 is 1.07 bits per heavy atom. The van der Waals surface area contributed by atoms with Gasteiger partial charge in [0.1, 0.15) is 0 Å². The van der Waals surface area contributed by atoms with E-state index in [4.69, 9.17) is 4.74 Å². The Labute approximate surface area is 160 Å². The van der Waals surface area contributed by atoms with Crippen molar-refractivity contribution in [1.82, 2.24) is 10.2 Å². The van der Waals surface area contributed by atoms with E-state index in [-0.39, 0.29) is 11.9 Å². The third kappa shape index (κ3) is 4.74. The van der Waals surface area contributed by atoms with Crippen LogP contribution >= 0.6 is 0 Å². The van der Waals surface area contributed by atoms with E-state index in [1.807, 2.05) is 36.4 Å². The molecule has 27 heavy (non-hydrogen) atoms. The summed E-state index contributed by atoms with van der Waals surface area (Å²) >= 11 is 0. The summed E-state index contributed by atoms with van der Waals surface area (Å²) in [5.74, 6) is -0.600. The Kier molecular flexibility index (Phi) is 6.24. The maximum absolute atomic E-state index is 12.8. The third-order valence-corrected chi connectivity index (χ3v) is 4.88. The highest BCUT2D eigenvalue weighted by molar-refractivity contribution is 5.98. The number of carbonyl (C=O) groups is 2. The first-order chi connectivity index (χ1) is 13.1. The van der Waals surface area contributed by atoms with Crippen LogP contribution in [0.15, 0.2) is 60.7 Å². The van der Waals surface area contributed by atoms with Crippen molar-refractivity contribution in [2.75, 3.05) is 19.7 Å². The minimum atomic E-state index is -1.02. The van der Waals surface area contributed by atoms with Crippen LogP contribution in [0.5, 0.6) is 0 Å². The summed E-state index contributed by atoms with van der Waals surface area (Å²) in [4.78, 5) is 27.8. The number of nitrogens with one attached hydrogen (secondary N) is 1. The standard InChI is InChI=1S/C22H26N2O3/c1-2-27-21(26)22(23-20(25)19-12-7-4-8-13-19)14-9-15-24(17-22)16-18-10-5-3-6-11-18/h3-8,10-13H,2,9,14-17H2,1H3,(H,23,25). The Bertz CT molecular complexity index is 764. The Balaban J connectivity index is 1.79.